The maximum absolute atomic E-state index is 13.6. The van der Waals surface area contributed by atoms with Gasteiger partial charge in [-0.15, -0.1) is 0 Å². The van der Waals surface area contributed by atoms with Gasteiger partial charge >= 0.3 is 0 Å². The first kappa shape index (κ1) is 11.9. The zero-order valence-electron chi connectivity index (χ0n) is 10.4. The van der Waals surface area contributed by atoms with Crippen LogP contribution in [0.3, 0.4) is 0 Å². The summed E-state index contributed by atoms with van der Waals surface area (Å²) in [6, 6.07) is 10.7. The molecular formula is C15H14FN3. The van der Waals surface area contributed by atoms with Crippen LogP contribution in [0, 0.1) is 5.82 Å². The Kier molecular flexibility index (Phi) is 3.01. The summed E-state index contributed by atoms with van der Waals surface area (Å²) in [7, 11) is 0. The summed E-state index contributed by atoms with van der Waals surface area (Å²) in [6.07, 6.45) is 4.19. The maximum atomic E-state index is 13.6. The van der Waals surface area contributed by atoms with Crippen molar-refractivity contribution in [1.29, 1.82) is 0 Å². The van der Waals surface area contributed by atoms with Crippen molar-refractivity contribution in [3.8, 4) is 0 Å². The van der Waals surface area contributed by atoms with E-state index in [0.29, 0.717) is 18.5 Å². The van der Waals surface area contributed by atoms with Crippen LogP contribution in [0.4, 0.5) is 4.39 Å². The third kappa shape index (κ3) is 2.22. The molecule has 4 heteroatoms. The van der Waals surface area contributed by atoms with E-state index in [-0.39, 0.29) is 5.82 Å². The van der Waals surface area contributed by atoms with Crippen molar-refractivity contribution in [2.75, 3.05) is 0 Å². The fraction of sp³-hybridized carbons (Fsp3) is 0.133. The summed E-state index contributed by atoms with van der Waals surface area (Å²) >= 11 is 0. The molecule has 2 aromatic heterocycles. The number of pyridine rings is 1. The minimum Gasteiger partial charge on any atom is -0.326 e. The molecule has 96 valence electrons. The molecule has 0 amide bonds. The van der Waals surface area contributed by atoms with E-state index >= 15 is 0 Å². The van der Waals surface area contributed by atoms with Crippen LogP contribution in [0.1, 0.15) is 17.0 Å². The highest BCUT2D eigenvalue weighted by Crippen LogP contribution is 2.15. The fourth-order valence-electron chi connectivity index (χ4n) is 2.17. The number of nitrogens with two attached hydrogens (primary N) is 1. The van der Waals surface area contributed by atoms with Crippen LogP contribution in [-0.4, -0.2) is 9.38 Å². The van der Waals surface area contributed by atoms with Crippen molar-refractivity contribution >= 4 is 5.52 Å². The summed E-state index contributed by atoms with van der Waals surface area (Å²) in [5, 5.41) is 0. The van der Waals surface area contributed by atoms with Crippen molar-refractivity contribution in [3.05, 3.63) is 71.6 Å². The zero-order valence-corrected chi connectivity index (χ0v) is 10.4. The summed E-state index contributed by atoms with van der Waals surface area (Å²) in [4.78, 5) is 4.36. The Morgan fingerprint density at radius 1 is 1.21 bits per heavy atom. The highest BCUT2D eigenvalue weighted by atomic mass is 19.1. The standard InChI is InChI=1S/C15H14FN3/c16-14-4-2-1-3-12(14)8-15-18-10-13-7-11(9-17)5-6-19(13)15/h1-7,10H,8-9,17H2. The van der Waals surface area contributed by atoms with E-state index in [1.165, 1.54) is 6.07 Å². The van der Waals surface area contributed by atoms with Gasteiger partial charge < -0.3 is 10.1 Å². The van der Waals surface area contributed by atoms with Crippen LogP contribution in [-0.2, 0) is 13.0 Å². The monoisotopic (exact) mass is 255 g/mol. The lowest BCUT2D eigenvalue weighted by Crippen LogP contribution is -2.00. The lowest BCUT2D eigenvalue weighted by molar-refractivity contribution is 0.612. The van der Waals surface area contributed by atoms with E-state index in [9.17, 15) is 4.39 Å². The van der Waals surface area contributed by atoms with E-state index < -0.39 is 0 Å². The van der Waals surface area contributed by atoms with Crippen molar-refractivity contribution in [1.82, 2.24) is 9.38 Å². The van der Waals surface area contributed by atoms with E-state index in [0.717, 1.165) is 16.9 Å². The molecule has 0 unspecified atom stereocenters. The first-order valence-corrected chi connectivity index (χ1v) is 6.16. The lowest BCUT2D eigenvalue weighted by atomic mass is 10.1. The minimum atomic E-state index is -0.196. The Morgan fingerprint density at radius 3 is 2.84 bits per heavy atom. The maximum Gasteiger partial charge on any atom is 0.126 e. The average molecular weight is 255 g/mol. The predicted octanol–water partition coefficient (Wildman–Crippen LogP) is 2.52. The van der Waals surface area contributed by atoms with Gasteiger partial charge in [-0.1, -0.05) is 18.2 Å². The first-order valence-electron chi connectivity index (χ1n) is 6.16. The third-order valence-corrected chi connectivity index (χ3v) is 3.22. The van der Waals surface area contributed by atoms with Gasteiger partial charge in [-0.25, -0.2) is 9.37 Å². The van der Waals surface area contributed by atoms with Crippen LogP contribution in [0.5, 0.6) is 0 Å². The van der Waals surface area contributed by atoms with Gasteiger partial charge in [-0.2, -0.15) is 0 Å². The van der Waals surface area contributed by atoms with Crippen molar-refractivity contribution < 1.29 is 4.39 Å². The number of imidazole rings is 1. The largest absolute Gasteiger partial charge is 0.326 e. The number of hydrogen-bond acceptors (Lipinski definition) is 2. The molecule has 0 bridgehead atoms. The molecule has 2 heterocycles. The molecule has 0 aliphatic rings. The van der Waals surface area contributed by atoms with E-state index in [1.54, 1.807) is 18.3 Å². The third-order valence-electron chi connectivity index (χ3n) is 3.22. The second kappa shape index (κ2) is 4.82. The molecule has 0 saturated heterocycles. The van der Waals surface area contributed by atoms with Gasteiger partial charge in [0.2, 0.25) is 0 Å². The van der Waals surface area contributed by atoms with Crippen LogP contribution in [0.2, 0.25) is 0 Å². The number of benzene rings is 1. The van der Waals surface area contributed by atoms with Gasteiger partial charge in [0, 0.05) is 19.2 Å². The molecule has 3 nitrogen and oxygen atoms in total. The molecule has 19 heavy (non-hydrogen) atoms. The van der Waals surface area contributed by atoms with E-state index in [4.69, 9.17) is 5.73 Å². The van der Waals surface area contributed by atoms with Gasteiger partial charge in [0.1, 0.15) is 11.6 Å². The Morgan fingerprint density at radius 2 is 2.05 bits per heavy atom. The van der Waals surface area contributed by atoms with E-state index in [1.807, 2.05) is 28.8 Å². The van der Waals surface area contributed by atoms with Crippen molar-refractivity contribution in [2.24, 2.45) is 5.73 Å². The van der Waals surface area contributed by atoms with Crippen molar-refractivity contribution in [3.63, 3.8) is 0 Å². The summed E-state index contributed by atoms with van der Waals surface area (Å²) < 4.78 is 15.6. The zero-order chi connectivity index (χ0) is 13.2. The average Bonchev–Trinajstić information content (AvgIpc) is 2.83. The molecule has 2 N–H and O–H groups in total. The van der Waals surface area contributed by atoms with Gasteiger partial charge in [-0.3, -0.25) is 0 Å². The number of aromatic nitrogens is 2. The highest BCUT2D eigenvalue weighted by molar-refractivity contribution is 5.48. The molecule has 0 aliphatic heterocycles. The molecule has 3 rings (SSSR count). The number of rotatable bonds is 3. The van der Waals surface area contributed by atoms with Crippen LogP contribution in [0.15, 0.2) is 48.8 Å². The summed E-state index contributed by atoms with van der Waals surface area (Å²) in [5.74, 6) is 0.626. The van der Waals surface area contributed by atoms with Crippen LogP contribution >= 0.6 is 0 Å². The molecule has 0 radical (unpaired) electrons. The molecular weight excluding hydrogens is 241 g/mol. The van der Waals surface area contributed by atoms with Crippen LogP contribution in [0.25, 0.3) is 5.52 Å². The second-order valence-electron chi connectivity index (χ2n) is 4.48. The van der Waals surface area contributed by atoms with E-state index in [2.05, 4.69) is 4.98 Å². The second-order valence-corrected chi connectivity index (χ2v) is 4.48. The van der Waals surface area contributed by atoms with Gasteiger partial charge in [0.25, 0.3) is 0 Å². The number of fused-ring (bicyclic) bond motifs is 1. The summed E-state index contributed by atoms with van der Waals surface area (Å²) in [6.45, 7) is 0.504. The topological polar surface area (TPSA) is 43.3 Å². The van der Waals surface area contributed by atoms with Gasteiger partial charge in [0.15, 0.2) is 0 Å². The number of nitrogens with zero attached hydrogens (tertiary/aromatic N) is 2. The fourth-order valence-corrected chi connectivity index (χ4v) is 2.17. The van der Waals surface area contributed by atoms with Crippen molar-refractivity contribution in [2.45, 2.75) is 13.0 Å². The number of halogens is 1. The Hall–Kier alpha value is -2.20. The normalized spacial score (nSPS) is 11.1. The Labute approximate surface area is 110 Å². The number of hydrogen-bond donors (Lipinski definition) is 1. The van der Waals surface area contributed by atoms with Crippen LogP contribution < -0.4 is 5.73 Å². The molecule has 0 atom stereocenters. The van der Waals surface area contributed by atoms with Gasteiger partial charge in [0.05, 0.1) is 11.7 Å². The molecule has 0 aliphatic carbocycles. The van der Waals surface area contributed by atoms with Gasteiger partial charge in [-0.05, 0) is 29.3 Å². The summed E-state index contributed by atoms with van der Waals surface area (Å²) in [5.41, 5.74) is 8.30. The molecule has 0 spiro atoms. The smallest absolute Gasteiger partial charge is 0.126 e. The molecule has 0 saturated carbocycles. The predicted molar refractivity (Wildman–Crippen MR) is 72.3 cm³/mol. The lowest BCUT2D eigenvalue weighted by Gasteiger charge is -2.04. The highest BCUT2D eigenvalue weighted by Gasteiger charge is 2.08. The Bertz CT molecular complexity index is 718. The first-order chi connectivity index (χ1) is 9.28. The Balaban J connectivity index is 2.00. The SMILES string of the molecule is NCc1ccn2c(Cc3ccccc3F)ncc2c1. The molecule has 0 fully saturated rings. The molecule has 3 aromatic rings. The quantitative estimate of drug-likeness (QED) is 0.781. The minimum absolute atomic E-state index is 0.196. The molecule has 1 aromatic carbocycles.